The van der Waals surface area contributed by atoms with E-state index >= 15 is 0 Å². The van der Waals surface area contributed by atoms with Gasteiger partial charge < -0.3 is 44.8 Å². The second-order valence-corrected chi connectivity index (χ2v) is 24.8. The topological polar surface area (TPSA) is 251 Å². The van der Waals surface area contributed by atoms with Gasteiger partial charge in [-0.25, -0.2) is 0 Å². The zero-order valence-corrected chi connectivity index (χ0v) is 50.7. The number of rotatable bonds is 26. The average Bonchev–Trinajstić information content (AvgIpc) is 0.706. The van der Waals surface area contributed by atoms with Gasteiger partial charge in [0, 0.05) is 47.6 Å². The molecule has 0 bridgehead atoms. The van der Waals surface area contributed by atoms with Crippen LogP contribution in [0.25, 0.3) is 0 Å². The van der Waals surface area contributed by atoms with Crippen LogP contribution in [0.5, 0.6) is 0 Å². The van der Waals surface area contributed by atoms with E-state index in [0.717, 1.165) is 0 Å². The number of carbonyl (C=O) groups is 6. The normalized spacial score (nSPS) is 13.2. The lowest BCUT2D eigenvalue weighted by Crippen LogP contribution is -2.63. The maximum Gasteiger partial charge on any atom is 0.193 e. The average molecular weight is 1150 g/mol. The first kappa shape index (κ1) is 66.1. The maximum absolute atomic E-state index is 13.8. The standard InChI is InChI=1S/C69H80O15/c1-16-67(41-84-54(42-17-21-44(22-18-42)55(70)61(2,3)76)43-19-23-45(24-20-43)56(71)62(4,5)77,68(82-14,50-33-25-46(26-34-50)57(72)63(6,7)78)51-35-27-47(28-36-51)58(73)64(8,9)79)69(83-15,52-37-29-48(30-38-52)59(74)65(10,11)80)53-39-31-49(32-40-53)60(75)66(12,13)81/h17-40,54,76-81H,16,41H2,1-15H3. The van der Waals surface area contributed by atoms with Crippen molar-refractivity contribution in [1.29, 1.82) is 0 Å². The highest BCUT2D eigenvalue weighted by Crippen LogP contribution is 2.63. The molecule has 6 rings (SSSR count). The van der Waals surface area contributed by atoms with Gasteiger partial charge in [-0.1, -0.05) is 153 Å². The molecule has 0 unspecified atom stereocenters. The molecule has 0 amide bonds. The molecule has 0 atom stereocenters. The molecule has 446 valence electrons. The van der Waals surface area contributed by atoms with Crippen LogP contribution in [0.4, 0.5) is 0 Å². The Labute approximate surface area is 492 Å². The Kier molecular flexibility index (Phi) is 19.0. The molecular formula is C69H80O15. The number of Topliss-reactive ketones (excluding diaryl/α,β-unsaturated/α-hetero) is 6. The van der Waals surface area contributed by atoms with E-state index in [9.17, 15) is 59.4 Å². The molecule has 0 aliphatic rings. The van der Waals surface area contributed by atoms with Gasteiger partial charge in [0.25, 0.3) is 0 Å². The fourth-order valence-electron chi connectivity index (χ4n) is 11.1. The Bertz CT molecular complexity index is 2990. The van der Waals surface area contributed by atoms with Crippen LogP contribution >= 0.6 is 0 Å². The molecule has 15 nitrogen and oxygen atoms in total. The van der Waals surface area contributed by atoms with Gasteiger partial charge in [-0.2, -0.15) is 0 Å². The van der Waals surface area contributed by atoms with Crippen LogP contribution in [-0.2, 0) is 25.4 Å². The number of carbonyl (C=O) groups excluding carboxylic acids is 6. The van der Waals surface area contributed by atoms with Crippen molar-refractivity contribution in [3.8, 4) is 0 Å². The van der Waals surface area contributed by atoms with Crippen molar-refractivity contribution in [2.45, 2.75) is 147 Å². The highest BCUT2D eigenvalue weighted by molar-refractivity contribution is 6.04. The summed E-state index contributed by atoms with van der Waals surface area (Å²) < 4.78 is 22.0. The molecule has 0 aliphatic carbocycles. The van der Waals surface area contributed by atoms with E-state index in [-0.39, 0.29) is 39.8 Å². The van der Waals surface area contributed by atoms with Crippen molar-refractivity contribution in [2.24, 2.45) is 5.41 Å². The Morgan fingerprint density at radius 2 is 0.512 bits per heavy atom. The minimum Gasteiger partial charge on any atom is -0.382 e. The summed E-state index contributed by atoms with van der Waals surface area (Å²) in [6.45, 7) is 18.0. The highest BCUT2D eigenvalue weighted by Gasteiger charge is 2.67. The van der Waals surface area contributed by atoms with Crippen molar-refractivity contribution in [2.75, 3.05) is 20.8 Å². The molecular weight excluding hydrogens is 1070 g/mol. The summed E-state index contributed by atoms with van der Waals surface area (Å²) in [7, 11) is 2.95. The van der Waals surface area contributed by atoms with E-state index in [1.165, 1.54) is 97.3 Å². The molecule has 0 fully saturated rings. The van der Waals surface area contributed by atoms with Crippen LogP contribution in [-0.4, -0.2) is 120 Å². The Balaban J connectivity index is 1.85. The first-order chi connectivity index (χ1) is 38.8. The van der Waals surface area contributed by atoms with Crippen molar-refractivity contribution in [1.82, 2.24) is 0 Å². The monoisotopic (exact) mass is 1150 g/mol. The van der Waals surface area contributed by atoms with Gasteiger partial charge in [-0.15, -0.1) is 0 Å². The summed E-state index contributed by atoms with van der Waals surface area (Å²) in [5, 5.41) is 65.4. The number of benzene rings is 6. The van der Waals surface area contributed by atoms with Crippen molar-refractivity contribution < 1.29 is 73.6 Å². The van der Waals surface area contributed by atoms with E-state index in [1.54, 1.807) is 146 Å². The molecule has 0 aliphatic heterocycles. The fourth-order valence-corrected chi connectivity index (χ4v) is 11.1. The lowest BCUT2D eigenvalue weighted by molar-refractivity contribution is -0.227. The van der Waals surface area contributed by atoms with Crippen molar-refractivity contribution >= 4 is 34.7 Å². The smallest absolute Gasteiger partial charge is 0.193 e. The zero-order valence-electron chi connectivity index (χ0n) is 50.7. The Hall–Kier alpha value is -7.02. The molecule has 6 N–H and O–H groups in total. The van der Waals surface area contributed by atoms with Gasteiger partial charge in [0.2, 0.25) is 0 Å². The molecule has 0 radical (unpaired) electrons. The van der Waals surface area contributed by atoms with E-state index in [1.807, 2.05) is 6.92 Å². The maximum atomic E-state index is 13.8. The van der Waals surface area contributed by atoms with Crippen LogP contribution in [0.15, 0.2) is 146 Å². The first-order valence-corrected chi connectivity index (χ1v) is 27.7. The summed E-state index contributed by atoms with van der Waals surface area (Å²) in [5.74, 6) is -3.43. The van der Waals surface area contributed by atoms with Gasteiger partial charge in [0.05, 0.1) is 12.0 Å². The SMILES string of the molecule is CCC(COC(c1ccc(C(=O)C(C)(C)O)cc1)c1ccc(C(=O)C(C)(C)O)cc1)(C(OC)(c1ccc(C(=O)C(C)(C)O)cc1)c1ccc(C(=O)C(C)(C)O)cc1)C(OC)(c1ccc(C(=O)C(C)(C)O)cc1)c1ccc(C(=O)C(C)(C)O)cc1. The number of aliphatic hydroxyl groups is 6. The molecule has 15 heteroatoms. The molecule has 0 saturated heterocycles. The van der Waals surface area contributed by atoms with Crippen LogP contribution in [0.1, 0.15) is 198 Å². The lowest BCUT2D eigenvalue weighted by Gasteiger charge is -2.59. The summed E-state index contributed by atoms with van der Waals surface area (Å²) in [4.78, 5) is 82.1. The molecule has 0 heterocycles. The Morgan fingerprint density at radius 1 is 0.333 bits per heavy atom. The lowest BCUT2D eigenvalue weighted by atomic mass is 9.52. The van der Waals surface area contributed by atoms with Gasteiger partial charge in [0.15, 0.2) is 34.7 Å². The van der Waals surface area contributed by atoms with Crippen molar-refractivity contribution in [3.63, 3.8) is 0 Å². The van der Waals surface area contributed by atoms with Gasteiger partial charge >= 0.3 is 0 Å². The summed E-state index contributed by atoms with van der Waals surface area (Å²) >= 11 is 0. The van der Waals surface area contributed by atoms with E-state index in [4.69, 9.17) is 14.2 Å². The summed E-state index contributed by atoms with van der Waals surface area (Å²) in [5.41, 5.74) is -12.6. The molecule has 84 heavy (non-hydrogen) atoms. The zero-order chi connectivity index (χ0) is 63.0. The third kappa shape index (κ3) is 13.0. The quantitative estimate of drug-likeness (QED) is 0.0276. The second kappa shape index (κ2) is 24.2. The molecule has 0 spiro atoms. The largest absolute Gasteiger partial charge is 0.382 e. The molecule has 6 aromatic carbocycles. The van der Waals surface area contributed by atoms with E-state index in [0.29, 0.717) is 33.4 Å². The van der Waals surface area contributed by atoms with E-state index in [2.05, 4.69) is 0 Å². The number of hydrogen-bond donors (Lipinski definition) is 6. The van der Waals surface area contributed by atoms with Crippen LogP contribution < -0.4 is 0 Å². The number of methoxy groups -OCH3 is 2. The third-order valence-corrected chi connectivity index (χ3v) is 15.6. The number of ether oxygens (including phenoxy) is 3. The van der Waals surface area contributed by atoms with Crippen molar-refractivity contribution in [3.05, 3.63) is 212 Å². The highest BCUT2D eigenvalue weighted by atomic mass is 16.5. The summed E-state index contributed by atoms with van der Waals surface area (Å²) in [6.07, 6.45) is -1.07. The molecule has 0 saturated carbocycles. The molecule has 0 aromatic heterocycles. The minimum atomic E-state index is -1.91. The van der Waals surface area contributed by atoms with Gasteiger partial charge in [-0.05, 0) is 123 Å². The number of ketones is 6. The fraction of sp³-hybridized carbons (Fsp3) is 0.391. The van der Waals surface area contributed by atoms with Crippen LogP contribution in [0, 0.1) is 5.41 Å². The first-order valence-electron chi connectivity index (χ1n) is 27.7. The molecule has 6 aromatic rings. The minimum absolute atomic E-state index is 0.0167. The van der Waals surface area contributed by atoms with Crippen LogP contribution in [0.2, 0.25) is 0 Å². The summed E-state index contributed by atoms with van der Waals surface area (Å²) in [6, 6.07) is 38.7. The predicted molar refractivity (Wildman–Crippen MR) is 319 cm³/mol. The van der Waals surface area contributed by atoms with Gasteiger partial charge in [0.1, 0.15) is 50.9 Å². The van der Waals surface area contributed by atoms with Crippen LogP contribution in [0.3, 0.4) is 0 Å². The van der Waals surface area contributed by atoms with E-state index < -0.39 is 97.6 Å². The third-order valence-electron chi connectivity index (χ3n) is 15.6. The van der Waals surface area contributed by atoms with Gasteiger partial charge in [-0.3, -0.25) is 28.8 Å². The predicted octanol–water partition coefficient (Wildman–Crippen LogP) is 10.1. The Morgan fingerprint density at radius 3 is 0.667 bits per heavy atom. The second-order valence-electron chi connectivity index (χ2n) is 24.8. The number of hydrogen-bond acceptors (Lipinski definition) is 15.